The lowest BCUT2D eigenvalue weighted by molar-refractivity contribution is 1.04. The number of nitrogens with zero attached hydrogens (tertiary/aromatic N) is 1. The molecule has 3 nitrogen and oxygen atoms in total. The van der Waals surface area contributed by atoms with E-state index in [0.717, 1.165) is 27.6 Å². The Bertz CT molecular complexity index is 811. The van der Waals surface area contributed by atoms with Crippen LogP contribution in [0, 0.1) is 0 Å². The van der Waals surface area contributed by atoms with E-state index in [1.54, 1.807) is 23.1 Å². The van der Waals surface area contributed by atoms with Crippen molar-refractivity contribution >= 4 is 34.5 Å². The van der Waals surface area contributed by atoms with Gasteiger partial charge in [0.25, 0.3) is 0 Å². The Morgan fingerprint density at radius 1 is 1.05 bits per heavy atom. The number of nitrogens with two attached hydrogens (primary N) is 1. The molecule has 2 heterocycles. The zero-order valence-electron chi connectivity index (χ0n) is 11.2. The molecule has 3 aromatic rings. The molecule has 0 radical (unpaired) electrons. The molecule has 0 bridgehead atoms. The SMILES string of the molecule is NCc1nc(-c2ccc3c(c2)Nc2ccccc2S3)cs1. The van der Waals surface area contributed by atoms with Gasteiger partial charge in [0.05, 0.1) is 17.1 Å². The van der Waals surface area contributed by atoms with Crippen LogP contribution in [0.2, 0.25) is 0 Å². The quantitative estimate of drug-likeness (QED) is 0.573. The first-order valence-corrected chi connectivity index (χ1v) is 8.36. The van der Waals surface area contributed by atoms with E-state index in [-0.39, 0.29) is 0 Å². The van der Waals surface area contributed by atoms with E-state index >= 15 is 0 Å². The predicted molar refractivity (Wildman–Crippen MR) is 89.3 cm³/mol. The van der Waals surface area contributed by atoms with Crippen molar-refractivity contribution in [1.82, 2.24) is 4.98 Å². The Labute approximate surface area is 131 Å². The first-order chi connectivity index (χ1) is 10.3. The van der Waals surface area contributed by atoms with Gasteiger partial charge in [0, 0.05) is 27.3 Å². The highest BCUT2D eigenvalue weighted by Gasteiger charge is 2.16. The van der Waals surface area contributed by atoms with Gasteiger partial charge in [-0.1, -0.05) is 30.0 Å². The number of benzene rings is 2. The van der Waals surface area contributed by atoms with Crippen LogP contribution in [-0.4, -0.2) is 4.98 Å². The van der Waals surface area contributed by atoms with Crippen LogP contribution < -0.4 is 11.1 Å². The topological polar surface area (TPSA) is 50.9 Å². The van der Waals surface area contributed by atoms with Crippen LogP contribution in [0.25, 0.3) is 11.3 Å². The summed E-state index contributed by atoms with van der Waals surface area (Å²) in [7, 11) is 0. The lowest BCUT2D eigenvalue weighted by Crippen LogP contribution is -1.99. The molecule has 0 saturated carbocycles. The van der Waals surface area contributed by atoms with Crippen molar-refractivity contribution in [3.63, 3.8) is 0 Å². The highest BCUT2D eigenvalue weighted by atomic mass is 32.2. The summed E-state index contributed by atoms with van der Waals surface area (Å²) < 4.78 is 0. The maximum absolute atomic E-state index is 5.64. The molecular formula is C16H13N3S2. The first kappa shape index (κ1) is 12.9. The lowest BCUT2D eigenvalue weighted by Gasteiger charge is -2.21. The minimum absolute atomic E-state index is 0.497. The third-order valence-corrected chi connectivity index (χ3v) is 5.40. The second-order valence-corrected chi connectivity index (χ2v) is 6.79. The van der Waals surface area contributed by atoms with Crippen molar-refractivity contribution in [3.8, 4) is 11.3 Å². The molecule has 21 heavy (non-hydrogen) atoms. The summed E-state index contributed by atoms with van der Waals surface area (Å²) in [6, 6.07) is 14.8. The number of hydrogen-bond donors (Lipinski definition) is 2. The fourth-order valence-electron chi connectivity index (χ4n) is 2.34. The number of thiazole rings is 1. The Morgan fingerprint density at radius 3 is 2.76 bits per heavy atom. The molecule has 1 aliphatic heterocycles. The highest BCUT2D eigenvalue weighted by molar-refractivity contribution is 7.99. The lowest BCUT2D eigenvalue weighted by atomic mass is 10.1. The largest absolute Gasteiger partial charge is 0.354 e. The van der Waals surface area contributed by atoms with Gasteiger partial charge in [-0.2, -0.15) is 0 Å². The number of fused-ring (bicyclic) bond motifs is 2. The van der Waals surface area contributed by atoms with E-state index in [0.29, 0.717) is 6.54 Å². The summed E-state index contributed by atoms with van der Waals surface area (Å²) in [5.41, 5.74) is 10.1. The summed E-state index contributed by atoms with van der Waals surface area (Å²) in [6.45, 7) is 0.497. The molecule has 3 N–H and O–H groups in total. The molecule has 104 valence electrons. The van der Waals surface area contributed by atoms with Gasteiger partial charge in [-0.05, 0) is 24.3 Å². The number of hydrogen-bond acceptors (Lipinski definition) is 5. The maximum Gasteiger partial charge on any atom is 0.107 e. The van der Waals surface area contributed by atoms with Gasteiger partial charge < -0.3 is 11.1 Å². The minimum atomic E-state index is 0.497. The van der Waals surface area contributed by atoms with Crippen molar-refractivity contribution < 1.29 is 0 Å². The van der Waals surface area contributed by atoms with Crippen LogP contribution in [0.15, 0.2) is 57.6 Å². The van der Waals surface area contributed by atoms with E-state index in [9.17, 15) is 0 Å². The van der Waals surface area contributed by atoms with E-state index in [4.69, 9.17) is 5.73 Å². The molecule has 1 aromatic heterocycles. The summed E-state index contributed by atoms with van der Waals surface area (Å²) in [5.74, 6) is 0. The standard InChI is InChI=1S/C16H13N3S2/c17-8-16-19-13(9-20-16)10-5-6-15-12(7-10)18-11-3-1-2-4-14(11)21-15/h1-7,9,18H,8,17H2. The van der Waals surface area contributed by atoms with E-state index in [1.165, 1.54) is 9.79 Å². The maximum atomic E-state index is 5.64. The number of para-hydroxylation sites is 1. The fourth-order valence-corrected chi connectivity index (χ4v) is 3.99. The zero-order chi connectivity index (χ0) is 14.2. The Morgan fingerprint density at radius 2 is 1.90 bits per heavy atom. The van der Waals surface area contributed by atoms with Crippen LogP contribution in [0.4, 0.5) is 11.4 Å². The van der Waals surface area contributed by atoms with Gasteiger partial charge in [-0.3, -0.25) is 0 Å². The molecule has 0 spiro atoms. The summed E-state index contributed by atoms with van der Waals surface area (Å²) >= 11 is 3.40. The van der Waals surface area contributed by atoms with Gasteiger partial charge >= 0.3 is 0 Å². The van der Waals surface area contributed by atoms with Gasteiger partial charge in [-0.15, -0.1) is 11.3 Å². The molecule has 4 rings (SSSR count). The molecule has 0 fully saturated rings. The Hall–Kier alpha value is -1.82. The van der Waals surface area contributed by atoms with Crippen molar-refractivity contribution in [2.24, 2.45) is 5.73 Å². The smallest absolute Gasteiger partial charge is 0.107 e. The van der Waals surface area contributed by atoms with Gasteiger partial charge in [-0.25, -0.2) is 4.98 Å². The Kier molecular flexibility index (Phi) is 3.18. The second-order valence-electron chi connectivity index (χ2n) is 4.76. The van der Waals surface area contributed by atoms with Crippen molar-refractivity contribution in [2.45, 2.75) is 16.3 Å². The molecule has 2 aromatic carbocycles. The number of nitrogens with one attached hydrogen (secondary N) is 1. The van der Waals surface area contributed by atoms with Gasteiger partial charge in [0.1, 0.15) is 5.01 Å². The average Bonchev–Trinajstić information content (AvgIpc) is 3.01. The van der Waals surface area contributed by atoms with Crippen molar-refractivity contribution in [3.05, 3.63) is 52.9 Å². The molecule has 1 aliphatic rings. The van der Waals surface area contributed by atoms with Crippen LogP contribution in [0.1, 0.15) is 5.01 Å². The van der Waals surface area contributed by atoms with Crippen LogP contribution in [-0.2, 0) is 6.54 Å². The summed E-state index contributed by atoms with van der Waals surface area (Å²) in [6.07, 6.45) is 0. The van der Waals surface area contributed by atoms with Gasteiger partial charge in [0.15, 0.2) is 0 Å². The fraction of sp³-hybridized carbons (Fsp3) is 0.0625. The molecule has 5 heteroatoms. The van der Waals surface area contributed by atoms with E-state index in [2.05, 4.69) is 58.1 Å². The third kappa shape index (κ3) is 2.33. The van der Waals surface area contributed by atoms with Gasteiger partial charge in [0.2, 0.25) is 0 Å². The second kappa shape index (κ2) is 5.18. The summed E-state index contributed by atoms with van der Waals surface area (Å²) in [4.78, 5) is 7.05. The molecule has 0 saturated heterocycles. The minimum Gasteiger partial charge on any atom is -0.354 e. The Balaban J connectivity index is 1.72. The zero-order valence-corrected chi connectivity index (χ0v) is 12.8. The monoisotopic (exact) mass is 311 g/mol. The molecule has 0 aliphatic carbocycles. The first-order valence-electron chi connectivity index (χ1n) is 6.66. The number of aromatic nitrogens is 1. The third-order valence-electron chi connectivity index (χ3n) is 3.38. The van der Waals surface area contributed by atoms with E-state index < -0.39 is 0 Å². The molecule has 0 unspecified atom stereocenters. The summed E-state index contributed by atoms with van der Waals surface area (Å²) in [5, 5.41) is 6.53. The van der Waals surface area contributed by atoms with Crippen LogP contribution in [0.3, 0.4) is 0 Å². The van der Waals surface area contributed by atoms with E-state index in [1.807, 2.05) is 0 Å². The van der Waals surface area contributed by atoms with Crippen molar-refractivity contribution in [2.75, 3.05) is 5.32 Å². The number of anilines is 2. The highest BCUT2D eigenvalue weighted by Crippen LogP contribution is 2.45. The molecule has 0 amide bonds. The average molecular weight is 311 g/mol. The predicted octanol–water partition coefficient (Wildman–Crippen LogP) is 4.48. The normalized spacial score (nSPS) is 12.4. The molecule has 0 atom stereocenters. The van der Waals surface area contributed by atoms with Crippen LogP contribution >= 0.6 is 23.1 Å². The van der Waals surface area contributed by atoms with Crippen LogP contribution in [0.5, 0.6) is 0 Å². The van der Waals surface area contributed by atoms with Crippen molar-refractivity contribution in [1.29, 1.82) is 0 Å². The molecular weight excluding hydrogens is 298 g/mol. The number of rotatable bonds is 2.